The van der Waals surface area contributed by atoms with Gasteiger partial charge in [-0.3, -0.25) is 0 Å². The first-order chi connectivity index (χ1) is 4.70. The van der Waals surface area contributed by atoms with E-state index in [0.29, 0.717) is 10.3 Å². The molecule has 1 aromatic carbocycles. The van der Waals surface area contributed by atoms with Crippen LogP contribution in [0.25, 0.3) is 0 Å². The maximum atomic E-state index is 10.4. The Morgan fingerprint density at radius 1 is 1.30 bits per heavy atom. The SMILES string of the molecule is O=[P+](O)c1ccc(Cl)cc1. The molecule has 0 aliphatic carbocycles. The van der Waals surface area contributed by atoms with E-state index in [-0.39, 0.29) is 0 Å². The van der Waals surface area contributed by atoms with E-state index in [1.54, 1.807) is 12.1 Å². The van der Waals surface area contributed by atoms with Gasteiger partial charge in [0.2, 0.25) is 5.30 Å². The van der Waals surface area contributed by atoms with Gasteiger partial charge in [-0.2, -0.15) is 4.89 Å². The fraction of sp³-hybridized carbons (Fsp3) is 0. The van der Waals surface area contributed by atoms with Crippen LogP contribution >= 0.6 is 19.6 Å². The summed E-state index contributed by atoms with van der Waals surface area (Å²) in [6.07, 6.45) is 0. The average molecular weight is 176 g/mol. The van der Waals surface area contributed by atoms with Crippen molar-refractivity contribution < 1.29 is 9.46 Å². The molecule has 1 atom stereocenters. The van der Waals surface area contributed by atoms with Crippen molar-refractivity contribution in [1.29, 1.82) is 0 Å². The lowest BCUT2D eigenvalue weighted by atomic mass is 10.4. The average Bonchev–Trinajstić information content (AvgIpc) is 1.88. The summed E-state index contributed by atoms with van der Waals surface area (Å²) in [7, 11) is -2.22. The van der Waals surface area contributed by atoms with E-state index in [9.17, 15) is 4.57 Å². The highest BCUT2D eigenvalue weighted by Crippen LogP contribution is 2.14. The molecule has 0 radical (unpaired) electrons. The van der Waals surface area contributed by atoms with Gasteiger partial charge in [0.15, 0.2) is 0 Å². The molecule has 0 fully saturated rings. The zero-order valence-electron chi connectivity index (χ0n) is 4.99. The van der Waals surface area contributed by atoms with Crippen LogP contribution in [0.5, 0.6) is 0 Å². The summed E-state index contributed by atoms with van der Waals surface area (Å²) in [5, 5.41) is 0.972. The van der Waals surface area contributed by atoms with Gasteiger partial charge in [0.1, 0.15) is 0 Å². The lowest BCUT2D eigenvalue weighted by Gasteiger charge is -1.83. The third kappa shape index (κ3) is 1.77. The van der Waals surface area contributed by atoms with E-state index in [0.717, 1.165) is 0 Å². The first-order valence-corrected chi connectivity index (χ1v) is 4.21. The van der Waals surface area contributed by atoms with E-state index >= 15 is 0 Å². The number of benzene rings is 1. The molecule has 1 N–H and O–H groups in total. The second-order valence-corrected chi connectivity index (χ2v) is 3.25. The van der Waals surface area contributed by atoms with Gasteiger partial charge in [-0.15, -0.1) is 0 Å². The molecular formula is C6H5ClO2P+. The minimum Gasteiger partial charge on any atom is -0.156 e. The van der Waals surface area contributed by atoms with Gasteiger partial charge in [0.05, 0.1) is 0 Å². The molecule has 4 heteroatoms. The summed E-state index contributed by atoms with van der Waals surface area (Å²) in [5.74, 6) is 0. The summed E-state index contributed by atoms with van der Waals surface area (Å²) in [6.45, 7) is 0. The topological polar surface area (TPSA) is 37.3 Å². The number of halogens is 1. The summed E-state index contributed by atoms with van der Waals surface area (Å²) in [6, 6.07) is 6.22. The molecule has 0 aliphatic heterocycles. The minimum absolute atomic E-state index is 0.402. The molecule has 1 unspecified atom stereocenters. The largest absolute Gasteiger partial charge is 0.546 e. The molecule has 0 heterocycles. The Hall–Kier alpha value is -0.430. The molecule has 10 heavy (non-hydrogen) atoms. The Balaban J connectivity index is 3.00. The molecule has 1 rings (SSSR count). The van der Waals surface area contributed by atoms with Gasteiger partial charge in [-0.1, -0.05) is 11.6 Å². The van der Waals surface area contributed by atoms with Crippen molar-refractivity contribution in [3.63, 3.8) is 0 Å². The lowest BCUT2D eigenvalue weighted by molar-refractivity contribution is 0.513. The predicted molar refractivity (Wildman–Crippen MR) is 40.9 cm³/mol. The second kappa shape index (κ2) is 3.11. The minimum atomic E-state index is -2.22. The number of hydrogen-bond donors (Lipinski definition) is 1. The Morgan fingerprint density at radius 2 is 1.80 bits per heavy atom. The molecule has 1 aromatic rings. The van der Waals surface area contributed by atoms with Crippen LogP contribution in [0.15, 0.2) is 24.3 Å². The van der Waals surface area contributed by atoms with Crippen LogP contribution in [0.4, 0.5) is 0 Å². The zero-order valence-corrected chi connectivity index (χ0v) is 6.64. The third-order valence-electron chi connectivity index (χ3n) is 1.05. The first kappa shape index (κ1) is 7.67. The molecular weight excluding hydrogens is 170 g/mol. The number of rotatable bonds is 1. The molecule has 2 nitrogen and oxygen atoms in total. The van der Waals surface area contributed by atoms with Crippen LogP contribution in [0.3, 0.4) is 0 Å². The molecule has 0 bridgehead atoms. The van der Waals surface area contributed by atoms with E-state index in [1.165, 1.54) is 12.1 Å². The molecule has 0 saturated heterocycles. The Labute approximate surface area is 64.3 Å². The Bertz CT molecular complexity index is 244. The highest BCUT2D eigenvalue weighted by Gasteiger charge is 2.13. The van der Waals surface area contributed by atoms with Crippen molar-refractivity contribution in [2.24, 2.45) is 0 Å². The van der Waals surface area contributed by atoms with Crippen molar-refractivity contribution in [2.75, 3.05) is 0 Å². The van der Waals surface area contributed by atoms with Crippen molar-refractivity contribution >= 4 is 24.9 Å². The van der Waals surface area contributed by atoms with Crippen molar-refractivity contribution in [1.82, 2.24) is 0 Å². The quantitative estimate of drug-likeness (QED) is 0.660. The fourth-order valence-electron chi connectivity index (χ4n) is 0.569. The van der Waals surface area contributed by atoms with Gasteiger partial charge < -0.3 is 0 Å². The predicted octanol–water partition coefficient (Wildman–Crippen LogP) is 1.70. The summed E-state index contributed by atoms with van der Waals surface area (Å²) < 4.78 is 10.4. The van der Waals surface area contributed by atoms with E-state index in [4.69, 9.17) is 16.5 Å². The summed E-state index contributed by atoms with van der Waals surface area (Å²) in [4.78, 5) is 8.58. The van der Waals surface area contributed by atoms with Crippen LogP contribution in [0.1, 0.15) is 0 Å². The number of hydrogen-bond acceptors (Lipinski definition) is 1. The van der Waals surface area contributed by atoms with E-state index in [2.05, 4.69) is 0 Å². The Morgan fingerprint density at radius 3 is 2.20 bits per heavy atom. The molecule has 0 aromatic heterocycles. The standard InChI is InChI=1S/C6H4ClO2P/c7-5-1-3-6(4-2-5)10(8)9/h1-4H/p+1. The molecule has 0 aliphatic rings. The summed E-state index contributed by atoms with van der Waals surface area (Å²) >= 11 is 5.54. The molecule has 0 saturated carbocycles. The molecule has 0 amide bonds. The smallest absolute Gasteiger partial charge is 0.156 e. The first-order valence-electron chi connectivity index (χ1n) is 2.62. The lowest BCUT2D eigenvalue weighted by Crippen LogP contribution is -1.92. The van der Waals surface area contributed by atoms with Crippen molar-refractivity contribution in [3.8, 4) is 0 Å². The van der Waals surface area contributed by atoms with Crippen molar-refractivity contribution in [2.45, 2.75) is 0 Å². The Kier molecular flexibility index (Phi) is 2.39. The maximum Gasteiger partial charge on any atom is 0.546 e. The van der Waals surface area contributed by atoms with Crippen LogP contribution in [-0.2, 0) is 4.57 Å². The fourth-order valence-corrected chi connectivity index (χ4v) is 1.10. The highest BCUT2D eigenvalue weighted by molar-refractivity contribution is 7.47. The zero-order chi connectivity index (χ0) is 7.56. The van der Waals surface area contributed by atoms with Crippen LogP contribution in [0, 0.1) is 0 Å². The van der Waals surface area contributed by atoms with Gasteiger partial charge in [0.25, 0.3) is 0 Å². The monoisotopic (exact) mass is 175 g/mol. The molecule has 52 valence electrons. The van der Waals surface area contributed by atoms with E-state index in [1.807, 2.05) is 0 Å². The van der Waals surface area contributed by atoms with Crippen molar-refractivity contribution in [3.05, 3.63) is 29.3 Å². The maximum absolute atomic E-state index is 10.4. The van der Waals surface area contributed by atoms with Gasteiger partial charge in [-0.25, -0.2) is 0 Å². The van der Waals surface area contributed by atoms with E-state index < -0.39 is 8.03 Å². The van der Waals surface area contributed by atoms with Gasteiger partial charge in [0, 0.05) is 5.02 Å². The van der Waals surface area contributed by atoms with Crippen LogP contribution in [0.2, 0.25) is 5.02 Å². The van der Waals surface area contributed by atoms with Crippen LogP contribution < -0.4 is 5.30 Å². The highest BCUT2D eigenvalue weighted by atomic mass is 35.5. The molecule has 0 spiro atoms. The normalized spacial score (nSPS) is 11.2. The third-order valence-corrected chi connectivity index (χ3v) is 2.04. The van der Waals surface area contributed by atoms with Gasteiger partial charge in [-0.05, 0) is 28.8 Å². The van der Waals surface area contributed by atoms with Gasteiger partial charge >= 0.3 is 8.03 Å². The second-order valence-electron chi connectivity index (χ2n) is 1.75. The van der Waals surface area contributed by atoms with Crippen LogP contribution in [-0.4, -0.2) is 4.89 Å². The summed E-state index contributed by atoms with van der Waals surface area (Å²) in [5.41, 5.74) is 0.